The first-order valence-corrected chi connectivity index (χ1v) is 11.5. The van der Waals surface area contributed by atoms with E-state index in [1.54, 1.807) is 4.90 Å². The number of hydrogen-bond acceptors (Lipinski definition) is 4. The summed E-state index contributed by atoms with van der Waals surface area (Å²) in [7, 11) is 0. The molecule has 1 heterocycles. The quantitative estimate of drug-likeness (QED) is 0.668. The Hall–Kier alpha value is -3.35. The van der Waals surface area contributed by atoms with Crippen LogP contribution in [0.3, 0.4) is 0 Å². The van der Waals surface area contributed by atoms with E-state index in [1.807, 2.05) is 38.1 Å². The van der Waals surface area contributed by atoms with E-state index in [4.69, 9.17) is 4.74 Å². The molecular weight excluding hydrogens is 420 g/mol. The highest BCUT2D eigenvalue weighted by Crippen LogP contribution is 2.44. The molecule has 3 atom stereocenters. The summed E-state index contributed by atoms with van der Waals surface area (Å²) in [5.41, 5.74) is 4.55. The summed E-state index contributed by atoms with van der Waals surface area (Å²) in [4.78, 5) is 38.7. The van der Waals surface area contributed by atoms with Gasteiger partial charge in [-0.2, -0.15) is 0 Å². The molecule has 0 radical (unpaired) electrons. The summed E-state index contributed by atoms with van der Waals surface area (Å²) in [5, 5.41) is 12.1. The van der Waals surface area contributed by atoms with E-state index in [0.29, 0.717) is 19.4 Å². The number of nitrogens with zero attached hydrogens (tertiary/aromatic N) is 1. The van der Waals surface area contributed by atoms with Crippen LogP contribution in [-0.2, 0) is 14.3 Å². The Bertz CT molecular complexity index is 1010. The fourth-order valence-corrected chi connectivity index (χ4v) is 5.02. The molecule has 2 aromatic rings. The molecule has 0 aromatic heterocycles. The first kappa shape index (κ1) is 22.8. The van der Waals surface area contributed by atoms with Crippen LogP contribution in [0, 0.1) is 11.8 Å². The third-order valence-electron chi connectivity index (χ3n) is 6.75. The maximum absolute atomic E-state index is 13.0. The van der Waals surface area contributed by atoms with Crippen molar-refractivity contribution in [2.75, 3.05) is 19.7 Å². The van der Waals surface area contributed by atoms with Gasteiger partial charge in [-0.05, 0) is 34.6 Å². The van der Waals surface area contributed by atoms with Gasteiger partial charge in [-0.3, -0.25) is 9.59 Å². The molecule has 2 N–H and O–H groups in total. The van der Waals surface area contributed by atoms with Gasteiger partial charge in [0.1, 0.15) is 12.6 Å². The summed E-state index contributed by atoms with van der Waals surface area (Å²) in [6.07, 6.45) is 0.531. The van der Waals surface area contributed by atoms with E-state index in [1.165, 1.54) is 0 Å². The van der Waals surface area contributed by atoms with Crippen LogP contribution in [0.5, 0.6) is 0 Å². The number of carboxylic acid groups (broad SMARTS) is 1. The van der Waals surface area contributed by atoms with Gasteiger partial charge in [-0.25, -0.2) is 4.79 Å². The minimum Gasteiger partial charge on any atom is -0.481 e. The molecule has 1 aliphatic heterocycles. The zero-order valence-corrected chi connectivity index (χ0v) is 19.0. The number of amides is 2. The first-order valence-electron chi connectivity index (χ1n) is 11.5. The molecule has 0 spiro atoms. The van der Waals surface area contributed by atoms with Crippen molar-refractivity contribution in [1.29, 1.82) is 0 Å². The summed E-state index contributed by atoms with van der Waals surface area (Å²) in [6.45, 7) is 4.49. The topological polar surface area (TPSA) is 95.9 Å². The molecule has 1 saturated heterocycles. The summed E-state index contributed by atoms with van der Waals surface area (Å²) < 4.78 is 5.59. The Labute approximate surface area is 193 Å². The van der Waals surface area contributed by atoms with Gasteiger partial charge < -0.3 is 20.1 Å². The molecule has 0 unspecified atom stereocenters. The number of benzene rings is 2. The van der Waals surface area contributed by atoms with Crippen LogP contribution in [0.4, 0.5) is 4.79 Å². The SMILES string of the molecule is CCC[C@H](NC(=O)OCC1c2ccccc2-c2ccccc21)C(=O)N1C[C@@H](C)[C@H](C(=O)O)C1. The van der Waals surface area contributed by atoms with Gasteiger partial charge in [0.05, 0.1) is 5.92 Å². The molecule has 1 fully saturated rings. The van der Waals surface area contributed by atoms with Crippen LogP contribution >= 0.6 is 0 Å². The highest BCUT2D eigenvalue weighted by molar-refractivity contribution is 5.87. The fourth-order valence-electron chi connectivity index (χ4n) is 5.02. The molecule has 33 heavy (non-hydrogen) atoms. The van der Waals surface area contributed by atoms with Gasteiger partial charge >= 0.3 is 12.1 Å². The molecule has 2 amide bonds. The maximum atomic E-state index is 13.0. The Kier molecular flexibility index (Phi) is 6.67. The summed E-state index contributed by atoms with van der Waals surface area (Å²) in [5.74, 6) is -1.90. The minimum absolute atomic E-state index is 0.0563. The summed E-state index contributed by atoms with van der Waals surface area (Å²) >= 11 is 0. The van der Waals surface area contributed by atoms with Crippen LogP contribution in [0.1, 0.15) is 43.7 Å². The van der Waals surface area contributed by atoms with Crippen LogP contribution in [0.25, 0.3) is 11.1 Å². The van der Waals surface area contributed by atoms with E-state index in [-0.39, 0.29) is 30.9 Å². The molecule has 2 aliphatic rings. The highest BCUT2D eigenvalue weighted by atomic mass is 16.5. The third-order valence-corrected chi connectivity index (χ3v) is 6.75. The Morgan fingerprint density at radius 2 is 1.67 bits per heavy atom. The number of carbonyl (C=O) groups excluding carboxylic acids is 2. The molecule has 0 saturated carbocycles. The van der Waals surface area contributed by atoms with Crippen molar-refractivity contribution < 1.29 is 24.2 Å². The standard InChI is InChI=1S/C26H30N2O5/c1-3-8-23(24(29)28-13-16(2)21(14-28)25(30)31)27-26(32)33-15-22-19-11-6-4-9-17(19)18-10-5-7-12-20(18)22/h4-7,9-12,16,21-23H,3,8,13-15H2,1-2H3,(H,27,32)(H,30,31)/t16-,21-,23+/m1/s1. The second-order valence-corrected chi connectivity index (χ2v) is 8.98. The number of likely N-dealkylation sites (tertiary alicyclic amines) is 1. The zero-order chi connectivity index (χ0) is 23.5. The Balaban J connectivity index is 1.40. The molecular formula is C26H30N2O5. The van der Waals surface area contributed by atoms with Crippen LogP contribution < -0.4 is 5.32 Å². The number of aliphatic carboxylic acids is 1. The van der Waals surface area contributed by atoms with Gasteiger partial charge in [0.15, 0.2) is 0 Å². The second kappa shape index (κ2) is 9.65. The molecule has 2 aromatic carbocycles. The van der Waals surface area contributed by atoms with E-state index in [2.05, 4.69) is 29.6 Å². The lowest BCUT2D eigenvalue weighted by molar-refractivity contribution is -0.142. The predicted molar refractivity (Wildman–Crippen MR) is 124 cm³/mol. The van der Waals surface area contributed by atoms with Crippen molar-refractivity contribution in [2.45, 2.75) is 38.6 Å². The number of hydrogen-bond donors (Lipinski definition) is 2. The Morgan fingerprint density at radius 1 is 1.06 bits per heavy atom. The normalized spacial score (nSPS) is 20.1. The average molecular weight is 451 g/mol. The molecule has 0 bridgehead atoms. The second-order valence-electron chi connectivity index (χ2n) is 8.98. The van der Waals surface area contributed by atoms with Gasteiger partial charge in [0.25, 0.3) is 0 Å². The molecule has 1 aliphatic carbocycles. The minimum atomic E-state index is -0.894. The summed E-state index contributed by atoms with van der Waals surface area (Å²) in [6, 6.07) is 15.5. The molecule has 7 heteroatoms. The number of rotatable bonds is 7. The van der Waals surface area contributed by atoms with Crippen molar-refractivity contribution in [1.82, 2.24) is 10.2 Å². The third kappa shape index (κ3) is 4.58. The number of fused-ring (bicyclic) bond motifs is 3. The van der Waals surface area contributed by atoms with Gasteiger partial charge in [0.2, 0.25) is 5.91 Å². The van der Waals surface area contributed by atoms with Gasteiger partial charge in [-0.15, -0.1) is 0 Å². The van der Waals surface area contributed by atoms with E-state index in [9.17, 15) is 19.5 Å². The number of alkyl carbamates (subject to hydrolysis) is 1. The maximum Gasteiger partial charge on any atom is 0.407 e. The zero-order valence-electron chi connectivity index (χ0n) is 19.0. The van der Waals surface area contributed by atoms with E-state index >= 15 is 0 Å². The van der Waals surface area contributed by atoms with Crippen molar-refractivity contribution in [3.63, 3.8) is 0 Å². The number of ether oxygens (including phenoxy) is 1. The van der Waals surface area contributed by atoms with Crippen molar-refractivity contribution in [3.05, 3.63) is 59.7 Å². The monoisotopic (exact) mass is 450 g/mol. The molecule has 7 nitrogen and oxygen atoms in total. The average Bonchev–Trinajstić information content (AvgIpc) is 3.35. The smallest absolute Gasteiger partial charge is 0.407 e. The lowest BCUT2D eigenvalue weighted by Crippen LogP contribution is -2.48. The predicted octanol–water partition coefficient (Wildman–Crippen LogP) is 3.87. The number of nitrogens with one attached hydrogen (secondary N) is 1. The largest absolute Gasteiger partial charge is 0.481 e. The van der Waals surface area contributed by atoms with Crippen molar-refractivity contribution in [3.8, 4) is 11.1 Å². The molecule has 174 valence electrons. The van der Waals surface area contributed by atoms with Crippen LogP contribution in [0.2, 0.25) is 0 Å². The number of carbonyl (C=O) groups is 3. The molecule has 4 rings (SSSR count). The Morgan fingerprint density at radius 3 is 2.21 bits per heavy atom. The lowest BCUT2D eigenvalue weighted by atomic mass is 9.98. The highest BCUT2D eigenvalue weighted by Gasteiger charge is 2.39. The van der Waals surface area contributed by atoms with Crippen molar-refractivity contribution in [2.24, 2.45) is 11.8 Å². The van der Waals surface area contributed by atoms with Gasteiger partial charge in [-0.1, -0.05) is 68.8 Å². The van der Waals surface area contributed by atoms with E-state index < -0.39 is 24.0 Å². The van der Waals surface area contributed by atoms with Gasteiger partial charge in [0, 0.05) is 19.0 Å². The first-order chi connectivity index (χ1) is 15.9. The fraction of sp³-hybridized carbons (Fsp3) is 0.423. The number of carboxylic acids is 1. The van der Waals surface area contributed by atoms with E-state index in [0.717, 1.165) is 22.3 Å². The van der Waals surface area contributed by atoms with Crippen LogP contribution in [-0.4, -0.2) is 53.7 Å². The van der Waals surface area contributed by atoms with Crippen LogP contribution in [0.15, 0.2) is 48.5 Å². The van der Waals surface area contributed by atoms with Crippen molar-refractivity contribution >= 4 is 18.0 Å². The lowest BCUT2D eigenvalue weighted by Gasteiger charge is -2.24.